The number of para-hydroxylation sites is 1. The molecule has 150 valence electrons. The van der Waals surface area contributed by atoms with Gasteiger partial charge in [0.15, 0.2) is 0 Å². The summed E-state index contributed by atoms with van der Waals surface area (Å²) in [7, 11) is 0. The van der Waals surface area contributed by atoms with Crippen LogP contribution in [-0.4, -0.2) is 48.6 Å². The fourth-order valence-electron chi connectivity index (χ4n) is 3.92. The van der Waals surface area contributed by atoms with Crippen LogP contribution in [0.1, 0.15) is 17.5 Å². The fourth-order valence-corrected chi connectivity index (χ4v) is 3.92. The third-order valence-electron chi connectivity index (χ3n) is 5.57. The molecule has 1 N–H and O–H groups in total. The quantitative estimate of drug-likeness (QED) is 0.735. The minimum atomic E-state index is 0.0314. The second kappa shape index (κ2) is 8.95. The maximum absolute atomic E-state index is 12.7. The number of rotatable bonds is 4. The number of nitrogens with one attached hydrogen (secondary N) is 1. The van der Waals surface area contributed by atoms with Crippen molar-refractivity contribution >= 4 is 22.6 Å². The van der Waals surface area contributed by atoms with Crippen LogP contribution in [0.15, 0.2) is 60.8 Å². The Morgan fingerprint density at radius 1 is 1.00 bits per heavy atom. The molecule has 3 aromatic rings. The lowest BCUT2D eigenvalue weighted by Gasteiger charge is -2.24. The highest BCUT2D eigenvalue weighted by molar-refractivity contribution is 5.81. The normalized spacial score (nSPS) is 14.7. The molecule has 29 heavy (non-hydrogen) atoms. The number of amides is 2. The molecule has 0 atom stereocenters. The van der Waals surface area contributed by atoms with Crippen LogP contribution in [0.4, 0.5) is 10.5 Å². The predicted octanol–water partition coefficient (Wildman–Crippen LogP) is 4.01. The Hall–Kier alpha value is -3.08. The lowest BCUT2D eigenvalue weighted by molar-refractivity contribution is 0.201. The molecule has 1 aliphatic rings. The van der Waals surface area contributed by atoms with Crippen molar-refractivity contribution in [1.82, 2.24) is 15.2 Å². The van der Waals surface area contributed by atoms with Gasteiger partial charge in [-0.15, -0.1) is 0 Å². The minimum absolute atomic E-state index is 0.0314. The summed E-state index contributed by atoms with van der Waals surface area (Å²) in [5.41, 5.74) is 4.70. The van der Waals surface area contributed by atoms with Gasteiger partial charge in [-0.25, -0.2) is 4.79 Å². The Kier molecular flexibility index (Phi) is 5.94. The Bertz CT molecular complexity index is 965. The molecule has 2 aromatic carbocycles. The van der Waals surface area contributed by atoms with Gasteiger partial charge in [-0.05, 0) is 43.5 Å². The van der Waals surface area contributed by atoms with Gasteiger partial charge >= 0.3 is 6.03 Å². The standard InChI is InChI=1S/C24H28N4O/c1-19-8-10-22(11-9-19)27-15-4-16-28(18-17-27)24(29)26-14-12-21-6-2-5-20-7-3-13-25-23(20)21/h2-3,5-11,13H,4,12,14-18H2,1H3,(H,26,29). The molecule has 1 saturated heterocycles. The first-order valence-electron chi connectivity index (χ1n) is 10.4. The molecular formula is C24H28N4O. The number of hydrogen-bond donors (Lipinski definition) is 1. The Balaban J connectivity index is 1.30. The van der Waals surface area contributed by atoms with E-state index in [9.17, 15) is 4.79 Å². The second-order valence-electron chi connectivity index (χ2n) is 7.64. The lowest BCUT2D eigenvalue weighted by Crippen LogP contribution is -2.42. The van der Waals surface area contributed by atoms with E-state index >= 15 is 0 Å². The number of aryl methyl sites for hydroxylation is 1. The van der Waals surface area contributed by atoms with E-state index in [1.807, 2.05) is 17.2 Å². The topological polar surface area (TPSA) is 48.5 Å². The summed E-state index contributed by atoms with van der Waals surface area (Å²) in [6, 6.07) is 18.9. The zero-order valence-electron chi connectivity index (χ0n) is 17.0. The molecule has 0 unspecified atom stereocenters. The number of aromatic nitrogens is 1. The SMILES string of the molecule is Cc1ccc(N2CCCN(C(=O)NCCc3cccc4cccnc34)CC2)cc1. The molecule has 5 heteroatoms. The molecule has 2 heterocycles. The van der Waals surface area contributed by atoms with Gasteiger partial charge in [0, 0.05) is 50.0 Å². The molecule has 2 amide bonds. The number of benzene rings is 2. The average Bonchev–Trinajstić information content (AvgIpc) is 3.01. The monoisotopic (exact) mass is 388 g/mol. The Morgan fingerprint density at radius 2 is 1.83 bits per heavy atom. The van der Waals surface area contributed by atoms with E-state index in [4.69, 9.17) is 0 Å². The average molecular weight is 389 g/mol. The van der Waals surface area contributed by atoms with Gasteiger partial charge in [0.1, 0.15) is 0 Å². The zero-order chi connectivity index (χ0) is 20.1. The number of fused-ring (bicyclic) bond motifs is 1. The summed E-state index contributed by atoms with van der Waals surface area (Å²) >= 11 is 0. The Morgan fingerprint density at radius 3 is 2.69 bits per heavy atom. The van der Waals surface area contributed by atoms with E-state index < -0.39 is 0 Å². The first-order valence-corrected chi connectivity index (χ1v) is 10.4. The van der Waals surface area contributed by atoms with Crippen molar-refractivity contribution in [3.8, 4) is 0 Å². The summed E-state index contributed by atoms with van der Waals surface area (Å²) in [4.78, 5) is 21.5. The van der Waals surface area contributed by atoms with Crippen LogP contribution in [0.3, 0.4) is 0 Å². The van der Waals surface area contributed by atoms with Crippen LogP contribution < -0.4 is 10.2 Å². The molecule has 0 radical (unpaired) electrons. The molecule has 4 rings (SSSR count). The summed E-state index contributed by atoms with van der Waals surface area (Å²) in [6.07, 6.45) is 3.58. The van der Waals surface area contributed by atoms with Crippen molar-refractivity contribution in [3.05, 3.63) is 71.9 Å². The molecule has 0 saturated carbocycles. The number of pyridine rings is 1. The van der Waals surface area contributed by atoms with Crippen molar-refractivity contribution in [1.29, 1.82) is 0 Å². The third kappa shape index (κ3) is 4.67. The molecule has 0 aliphatic carbocycles. The lowest BCUT2D eigenvalue weighted by atomic mass is 10.1. The van der Waals surface area contributed by atoms with Gasteiger partial charge in [0.05, 0.1) is 5.52 Å². The van der Waals surface area contributed by atoms with Crippen molar-refractivity contribution < 1.29 is 4.79 Å². The van der Waals surface area contributed by atoms with Crippen LogP contribution in [0.2, 0.25) is 0 Å². The first-order chi connectivity index (χ1) is 14.2. The predicted molar refractivity (Wildman–Crippen MR) is 118 cm³/mol. The van der Waals surface area contributed by atoms with Crippen molar-refractivity contribution in [3.63, 3.8) is 0 Å². The maximum atomic E-state index is 12.7. The fraction of sp³-hybridized carbons (Fsp3) is 0.333. The van der Waals surface area contributed by atoms with E-state index in [0.29, 0.717) is 6.54 Å². The smallest absolute Gasteiger partial charge is 0.317 e. The molecule has 1 aliphatic heterocycles. The molecular weight excluding hydrogens is 360 g/mol. The van der Waals surface area contributed by atoms with Gasteiger partial charge in [-0.2, -0.15) is 0 Å². The van der Waals surface area contributed by atoms with Crippen LogP contribution in [0, 0.1) is 6.92 Å². The van der Waals surface area contributed by atoms with Gasteiger partial charge in [0.2, 0.25) is 0 Å². The maximum Gasteiger partial charge on any atom is 0.317 e. The number of hydrogen-bond acceptors (Lipinski definition) is 3. The van der Waals surface area contributed by atoms with Crippen molar-refractivity contribution in [2.24, 2.45) is 0 Å². The van der Waals surface area contributed by atoms with Crippen LogP contribution in [0.5, 0.6) is 0 Å². The largest absolute Gasteiger partial charge is 0.370 e. The van der Waals surface area contributed by atoms with Crippen molar-refractivity contribution in [2.75, 3.05) is 37.6 Å². The van der Waals surface area contributed by atoms with Gasteiger partial charge in [-0.1, -0.05) is 42.0 Å². The number of urea groups is 1. The molecule has 5 nitrogen and oxygen atoms in total. The number of anilines is 1. The van der Waals surface area contributed by atoms with Crippen LogP contribution >= 0.6 is 0 Å². The van der Waals surface area contributed by atoms with E-state index in [0.717, 1.165) is 49.9 Å². The number of carbonyl (C=O) groups excluding carboxylic acids is 1. The second-order valence-corrected chi connectivity index (χ2v) is 7.64. The highest BCUT2D eigenvalue weighted by atomic mass is 16.2. The van der Waals surface area contributed by atoms with E-state index in [2.05, 4.69) is 70.7 Å². The van der Waals surface area contributed by atoms with Crippen LogP contribution in [-0.2, 0) is 6.42 Å². The summed E-state index contributed by atoms with van der Waals surface area (Å²) < 4.78 is 0. The molecule has 1 fully saturated rings. The molecule has 0 bridgehead atoms. The highest BCUT2D eigenvalue weighted by Crippen LogP contribution is 2.18. The summed E-state index contributed by atoms with van der Waals surface area (Å²) in [5, 5.41) is 4.24. The number of carbonyl (C=O) groups is 1. The highest BCUT2D eigenvalue weighted by Gasteiger charge is 2.19. The zero-order valence-corrected chi connectivity index (χ0v) is 17.0. The van der Waals surface area contributed by atoms with Crippen molar-refractivity contribution in [2.45, 2.75) is 19.8 Å². The third-order valence-corrected chi connectivity index (χ3v) is 5.57. The van der Waals surface area contributed by atoms with Gasteiger partial charge in [0.25, 0.3) is 0 Å². The first kappa shape index (κ1) is 19.2. The van der Waals surface area contributed by atoms with E-state index in [-0.39, 0.29) is 6.03 Å². The Labute approximate surface area is 172 Å². The summed E-state index contributed by atoms with van der Waals surface area (Å²) in [6.45, 7) is 6.11. The minimum Gasteiger partial charge on any atom is -0.370 e. The van der Waals surface area contributed by atoms with E-state index in [1.165, 1.54) is 16.8 Å². The van der Waals surface area contributed by atoms with Gasteiger partial charge < -0.3 is 15.1 Å². The number of nitrogens with zero attached hydrogens (tertiary/aromatic N) is 3. The molecule has 1 aromatic heterocycles. The van der Waals surface area contributed by atoms with E-state index in [1.54, 1.807) is 0 Å². The summed E-state index contributed by atoms with van der Waals surface area (Å²) in [5.74, 6) is 0. The molecule has 0 spiro atoms. The van der Waals surface area contributed by atoms with Gasteiger partial charge in [-0.3, -0.25) is 4.98 Å². The van der Waals surface area contributed by atoms with Crippen LogP contribution in [0.25, 0.3) is 10.9 Å².